The molecule has 1 aromatic carbocycles. The lowest BCUT2D eigenvalue weighted by atomic mass is 9.72. The van der Waals surface area contributed by atoms with Crippen molar-refractivity contribution in [3.63, 3.8) is 0 Å². The van der Waals surface area contributed by atoms with E-state index in [0.717, 1.165) is 6.42 Å². The summed E-state index contributed by atoms with van der Waals surface area (Å²) in [5.74, 6) is 0. The van der Waals surface area contributed by atoms with Crippen molar-refractivity contribution < 1.29 is 23.2 Å². The van der Waals surface area contributed by atoms with Gasteiger partial charge in [-0.15, -0.1) is 0 Å². The minimum absolute atomic E-state index is 0.409. The molecular weight excluding hydrogens is 322 g/mol. The van der Waals surface area contributed by atoms with Gasteiger partial charge in [0.2, 0.25) is 0 Å². The van der Waals surface area contributed by atoms with Gasteiger partial charge in [-0.1, -0.05) is 52.0 Å². The fourth-order valence-electron chi connectivity index (χ4n) is 2.74. The smallest absolute Gasteiger partial charge is 0.323 e. The minimum Gasteiger partial charge on any atom is -0.326 e. The summed E-state index contributed by atoms with van der Waals surface area (Å²) < 4.78 is 22.3. The van der Waals surface area contributed by atoms with Gasteiger partial charge in [0.15, 0.2) is 0 Å². The van der Waals surface area contributed by atoms with Crippen molar-refractivity contribution in [2.75, 3.05) is 0 Å². The Morgan fingerprint density at radius 3 is 1.73 bits per heavy atom. The highest BCUT2D eigenvalue weighted by molar-refractivity contribution is 7.46. The molecule has 0 radical (unpaired) electrons. The van der Waals surface area contributed by atoms with E-state index in [1.54, 1.807) is 5.56 Å². The van der Waals surface area contributed by atoms with Gasteiger partial charge in [-0.3, -0.25) is 9.13 Å². The molecule has 0 aliphatic heterocycles. The average molecular weight is 350 g/mol. The van der Waals surface area contributed by atoms with Crippen molar-refractivity contribution in [1.82, 2.24) is 0 Å². The van der Waals surface area contributed by atoms with E-state index < -0.39 is 16.5 Å². The summed E-state index contributed by atoms with van der Waals surface area (Å²) >= 11 is 0. The molecular formula is C15H28O5P2. The summed E-state index contributed by atoms with van der Waals surface area (Å²) in [6.07, 6.45) is 4.89. The van der Waals surface area contributed by atoms with E-state index in [9.17, 15) is 9.13 Å². The summed E-state index contributed by atoms with van der Waals surface area (Å²) in [7, 11) is -6.40. The Balaban J connectivity index is 0.000000534. The normalized spacial score (nSPS) is 13.9. The second kappa shape index (κ2) is 11.2. The van der Waals surface area contributed by atoms with Crippen LogP contribution in [-0.2, 0) is 25.3 Å². The first-order valence-corrected chi connectivity index (χ1v) is 10.1. The van der Waals surface area contributed by atoms with Gasteiger partial charge >= 0.3 is 16.5 Å². The molecule has 0 aliphatic carbocycles. The topological polar surface area (TPSA) is 83.8 Å². The molecule has 1 aromatic rings. The van der Waals surface area contributed by atoms with E-state index in [1.807, 2.05) is 0 Å². The second-order valence-corrected chi connectivity index (χ2v) is 6.87. The van der Waals surface area contributed by atoms with Crippen molar-refractivity contribution >= 4 is 16.5 Å². The number of rotatable bonds is 7. The molecule has 0 saturated heterocycles. The van der Waals surface area contributed by atoms with E-state index >= 15 is 0 Å². The van der Waals surface area contributed by atoms with Gasteiger partial charge in [0.25, 0.3) is 0 Å². The van der Waals surface area contributed by atoms with Gasteiger partial charge in [0.1, 0.15) is 0 Å². The standard InChI is InChI=1S/C15H24.H4O5P2/c1-5-13-11-9-10-12-14(13)15(6-2,7-3)8-4;1-6(2)5-7(3)4/h9-12H,5-8H2,1-4H3;6-7H,(H,1,2)(H,3,4). The highest BCUT2D eigenvalue weighted by Crippen LogP contribution is 2.37. The lowest BCUT2D eigenvalue weighted by Gasteiger charge is -2.33. The van der Waals surface area contributed by atoms with E-state index in [2.05, 4.69) is 56.3 Å². The van der Waals surface area contributed by atoms with Crippen LogP contribution < -0.4 is 0 Å². The lowest BCUT2D eigenvalue weighted by Crippen LogP contribution is -2.24. The lowest BCUT2D eigenvalue weighted by molar-refractivity contribution is 0.371. The molecule has 0 fully saturated rings. The molecule has 0 aliphatic rings. The quantitative estimate of drug-likeness (QED) is 0.708. The Labute approximate surface area is 134 Å². The minimum atomic E-state index is -3.20. The number of aryl methyl sites for hydroxylation is 1. The molecule has 0 amide bonds. The van der Waals surface area contributed by atoms with Crippen LogP contribution in [0, 0.1) is 0 Å². The van der Waals surface area contributed by atoms with E-state index in [1.165, 1.54) is 24.8 Å². The van der Waals surface area contributed by atoms with Gasteiger partial charge in [-0.05, 0) is 42.2 Å². The zero-order chi connectivity index (χ0) is 17.2. The molecule has 2 N–H and O–H groups in total. The van der Waals surface area contributed by atoms with Crippen molar-refractivity contribution in [2.24, 2.45) is 0 Å². The van der Waals surface area contributed by atoms with E-state index in [-0.39, 0.29) is 0 Å². The molecule has 1 rings (SSSR count). The zero-order valence-corrected chi connectivity index (χ0v) is 15.8. The molecule has 7 heteroatoms. The van der Waals surface area contributed by atoms with Crippen LogP contribution in [0.4, 0.5) is 0 Å². The third-order valence-corrected chi connectivity index (χ3v) is 5.57. The molecule has 0 bridgehead atoms. The van der Waals surface area contributed by atoms with Crippen LogP contribution in [0.15, 0.2) is 24.3 Å². The molecule has 0 heterocycles. The Hall–Kier alpha value is -0.440. The summed E-state index contributed by atoms with van der Waals surface area (Å²) in [6, 6.07) is 8.96. The molecule has 2 unspecified atom stereocenters. The summed E-state index contributed by atoms with van der Waals surface area (Å²) in [6.45, 7) is 9.21. The predicted molar refractivity (Wildman–Crippen MR) is 91.9 cm³/mol. The van der Waals surface area contributed by atoms with Crippen LogP contribution in [-0.4, -0.2) is 9.79 Å². The van der Waals surface area contributed by atoms with Crippen molar-refractivity contribution in [3.05, 3.63) is 35.4 Å². The first-order valence-electron chi connectivity index (χ1n) is 7.58. The van der Waals surface area contributed by atoms with Crippen LogP contribution >= 0.6 is 16.5 Å². The third-order valence-electron chi connectivity index (χ3n) is 4.17. The molecule has 22 heavy (non-hydrogen) atoms. The van der Waals surface area contributed by atoms with Crippen LogP contribution in [0.3, 0.4) is 0 Å². The zero-order valence-electron chi connectivity index (χ0n) is 13.8. The highest BCUT2D eigenvalue weighted by Gasteiger charge is 2.27. The molecule has 2 atom stereocenters. The Morgan fingerprint density at radius 2 is 1.41 bits per heavy atom. The summed E-state index contributed by atoms with van der Waals surface area (Å²) in [5, 5.41) is 0. The van der Waals surface area contributed by atoms with Crippen LogP contribution in [0.1, 0.15) is 58.1 Å². The molecule has 0 aromatic heterocycles. The average Bonchev–Trinajstić information content (AvgIpc) is 2.49. The van der Waals surface area contributed by atoms with Gasteiger partial charge < -0.3 is 9.79 Å². The second-order valence-electron chi connectivity index (χ2n) is 4.99. The SMILES string of the molecule is CCc1ccccc1C(CC)(CC)CC.O=[PH](O)O[PH](=O)O. The molecule has 5 nitrogen and oxygen atoms in total. The highest BCUT2D eigenvalue weighted by atomic mass is 31.2. The molecule has 128 valence electrons. The maximum absolute atomic E-state index is 9.44. The largest absolute Gasteiger partial charge is 0.326 e. The fraction of sp³-hybridized carbons (Fsp3) is 0.600. The maximum Gasteiger partial charge on any atom is 0.323 e. The molecule has 0 saturated carbocycles. The summed E-state index contributed by atoms with van der Waals surface area (Å²) in [4.78, 5) is 15.4. The van der Waals surface area contributed by atoms with Crippen LogP contribution in [0.5, 0.6) is 0 Å². The van der Waals surface area contributed by atoms with Crippen LogP contribution in [0.2, 0.25) is 0 Å². The Kier molecular flexibility index (Phi) is 10.9. The van der Waals surface area contributed by atoms with E-state index in [4.69, 9.17) is 9.79 Å². The maximum atomic E-state index is 9.44. The predicted octanol–water partition coefficient (Wildman–Crippen LogP) is 4.48. The number of hydrogen-bond donors (Lipinski definition) is 2. The first kappa shape index (κ1) is 21.6. The molecule has 0 spiro atoms. The van der Waals surface area contributed by atoms with Gasteiger partial charge in [0, 0.05) is 0 Å². The Bertz CT molecular complexity index is 466. The van der Waals surface area contributed by atoms with Gasteiger partial charge in [-0.2, -0.15) is 0 Å². The third kappa shape index (κ3) is 6.76. The fourth-order valence-corrected chi connectivity index (χ4v) is 3.34. The van der Waals surface area contributed by atoms with Crippen molar-refractivity contribution in [2.45, 2.75) is 58.8 Å². The number of hydrogen-bond acceptors (Lipinski definition) is 3. The van der Waals surface area contributed by atoms with Crippen molar-refractivity contribution in [3.8, 4) is 0 Å². The van der Waals surface area contributed by atoms with Gasteiger partial charge in [0.05, 0.1) is 0 Å². The van der Waals surface area contributed by atoms with E-state index in [0.29, 0.717) is 5.41 Å². The Morgan fingerprint density at radius 1 is 0.955 bits per heavy atom. The van der Waals surface area contributed by atoms with Crippen LogP contribution in [0.25, 0.3) is 0 Å². The number of benzene rings is 1. The monoisotopic (exact) mass is 350 g/mol. The summed E-state index contributed by atoms with van der Waals surface area (Å²) in [5.41, 5.74) is 3.52. The first-order chi connectivity index (χ1) is 10.4. The van der Waals surface area contributed by atoms with Crippen molar-refractivity contribution in [1.29, 1.82) is 0 Å². The van der Waals surface area contributed by atoms with Gasteiger partial charge in [-0.25, -0.2) is 4.31 Å².